The molecule has 2 aliphatic heterocycles. The highest BCUT2D eigenvalue weighted by Crippen LogP contribution is 2.38. The van der Waals surface area contributed by atoms with Gasteiger partial charge < -0.3 is 71.1 Å². The van der Waals surface area contributed by atoms with Crippen LogP contribution in [0.3, 0.4) is 0 Å². The number of ether oxygens (including phenoxy) is 15. The molecule has 0 saturated carbocycles. The van der Waals surface area contributed by atoms with Crippen LogP contribution in [0.4, 0.5) is 0 Å². The summed E-state index contributed by atoms with van der Waals surface area (Å²) in [6, 6.07) is 25.6. The molecule has 24 heteroatoms. The molecule has 97 heavy (non-hydrogen) atoms. The second-order valence-electron chi connectivity index (χ2n) is 26.6. The largest absolute Gasteiger partial charge is 0.497 e. The summed E-state index contributed by atoms with van der Waals surface area (Å²) in [4.78, 5) is 56.1. The Kier molecular flexibility index (Phi) is 32.3. The van der Waals surface area contributed by atoms with Gasteiger partial charge in [0.15, 0.2) is 25.2 Å². The Bertz CT molecular complexity index is 3320. The van der Waals surface area contributed by atoms with Crippen molar-refractivity contribution in [2.45, 2.75) is 179 Å². The molecule has 8 atom stereocenters. The first-order chi connectivity index (χ1) is 46.0. The first-order valence-corrected chi connectivity index (χ1v) is 39.9. The maximum atomic E-state index is 13.5. The summed E-state index contributed by atoms with van der Waals surface area (Å²) >= 11 is 0. The van der Waals surface area contributed by atoms with Crippen LogP contribution < -0.4 is 18.9 Å². The van der Waals surface area contributed by atoms with Gasteiger partial charge in [0.2, 0.25) is 0 Å². The minimum absolute atomic E-state index is 0.0142. The van der Waals surface area contributed by atoms with Crippen LogP contribution in [0.25, 0.3) is 22.6 Å². The van der Waals surface area contributed by atoms with Gasteiger partial charge in [-0.2, -0.15) is 0 Å². The quantitative estimate of drug-likeness (QED) is 0.00599. The van der Waals surface area contributed by atoms with Crippen molar-refractivity contribution in [2.24, 2.45) is 5.11 Å². The molecule has 2 aliphatic rings. The standard InChI is InChI=1S/C37H52O10Si.C36H49N3O9Si/c1-26(41-5)15-13-19-30(45-35(38)27-16-11-10-12-17-27)34-31(46-37(2,3)47-34)20-14-18-28-23-29(42-6)24-32(44-25-40-4)33(28)36(39)43-21-22-48(7,8)9;1-25(38-39-37)14-12-18-29(46-34(40)26-15-10-9-11-16-26)33-30(47-36(2,3)48-33)19-13-17-27-22-28(43-5)23-31(45-24-42-4)32(27)35(41)44-20-21-49(6,7)8/h10-14,16-19,23-24,26,30-31,34H,15,20-22,25H2,1-9H3;9-13,15-18,22-23,25,29-30,33H,14,19-21,24H2,1-8H3/b18-14+,19-13-;17-13+,18-12-/t;25-,29?,30?,33?/m.0/s1. The summed E-state index contributed by atoms with van der Waals surface area (Å²) in [5.74, 6) is -2.36. The fourth-order valence-electron chi connectivity index (χ4n) is 9.99. The number of hydrogen-bond donors (Lipinski definition) is 0. The Balaban J connectivity index is 0.000000351. The normalized spacial score (nSPS) is 18.7. The lowest BCUT2D eigenvalue weighted by atomic mass is 10.0. The highest BCUT2D eigenvalue weighted by atomic mass is 28.3. The molecular weight excluding hydrogens is 1280 g/mol. The SMILES string of the molecule is COCOc1cc(OC)cc(/C=C/CC2OC(C)(C)OC2C(/C=C\CC(C)OC)OC(=O)c2ccccc2)c1C(=O)OCC[Si](C)(C)C.COCOc1cc(OC)cc(/C=C/CC2OC(C)(C)OC2C(/C=C\C[C@H](C)N=[N+]=[N-])OC(=O)c2ccccc2)c1C(=O)OCC[Si](C)(C)C. The van der Waals surface area contributed by atoms with Gasteiger partial charge >= 0.3 is 23.9 Å². The van der Waals surface area contributed by atoms with Crippen molar-refractivity contribution in [3.8, 4) is 23.0 Å². The van der Waals surface area contributed by atoms with Gasteiger partial charge in [0.1, 0.15) is 58.5 Å². The van der Waals surface area contributed by atoms with Gasteiger partial charge in [-0.3, -0.25) is 0 Å². The fourth-order valence-corrected chi connectivity index (χ4v) is 11.4. The number of azide groups is 1. The van der Waals surface area contributed by atoms with Gasteiger partial charge in [-0.15, -0.1) is 0 Å². The van der Waals surface area contributed by atoms with E-state index < -0.39 is 88.2 Å². The molecule has 2 saturated heterocycles. The number of benzene rings is 4. The van der Waals surface area contributed by atoms with E-state index in [1.165, 1.54) is 21.3 Å². The molecule has 0 amide bonds. The van der Waals surface area contributed by atoms with Crippen LogP contribution in [0.5, 0.6) is 23.0 Å². The second kappa shape index (κ2) is 39.1. The van der Waals surface area contributed by atoms with Gasteiger partial charge in [-0.1, -0.05) is 124 Å². The van der Waals surface area contributed by atoms with Crippen LogP contribution >= 0.6 is 0 Å². The molecule has 2 fully saturated rings. The maximum Gasteiger partial charge on any atom is 0.342 e. The summed E-state index contributed by atoms with van der Waals surface area (Å²) in [5.41, 5.74) is 11.2. The molecule has 0 aromatic heterocycles. The number of rotatable bonds is 36. The molecule has 22 nitrogen and oxygen atoms in total. The van der Waals surface area contributed by atoms with Crippen molar-refractivity contribution < 1.29 is 90.2 Å². The van der Waals surface area contributed by atoms with Gasteiger partial charge in [-0.05, 0) is 138 Å². The van der Waals surface area contributed by atoms with E-state index in [2.05, 4.69) is 49.3 Å². The number of hydrogen-bond acceptors (Lipinski definition) is 20. The topological polar surface area (TPSA) is 255 Å². The van der Waals surface area contributed by atoms with Crippen molar-refractivity contribution in [3.63, 3.8) is 0 Å². The van der Waals surface area contributed by atoms with E-state index in [9.17, 15) is 19.2 Å². The number of nitrogens with zero attached hydrogens (tertiary/aromatic N) is 3. The fraction of sp³-hybridized carbons (Fsp3) is 0.507. The molecule has 0 bridgehead atoms. The predicted octanol–water partition coefficient (Wildman–Crippen LogP) is 15.3. The van der Waals surface area contributed by atoms with E-state index in [1.54, 1.807) is 120 Å². The monoisotopic (exact) mass is 1380 g/mol. The van der Waals surface area contributed by atoms with Crippen molar-refractivity contribution in [2.75, 3.05) is 62.3 Å². The lowest BCUT2D eigenvalue weighted by molar-refractivity contribution is -0.153. The van der Waals surface area contributed by atoms with Crippen molar-refractivity contribution in [3.05, 3.63) is 165 Å². The molecule has 7 unspecified atom stereocenters. The highest BCUT2D eigenvalue weighted by Gasteiger charge is 2.47. The number of methoxy groups -OCH3 is 5. The third-order valence-corrected chi connectivity index (χ3v) is 18.5. The third-order valence-electron chi connectivity index (χ3n) is 15.1. The second-order valence-corrected chi connectivity index (χ2v) is 37.9. The van der Waals surface area contributed by atoms with E-state index in [-0.39, 0.29) is 48.4 Å². The zero-order valence-electron chi connectivity index (χ0n) is 59.5. The van der Waals surface area contributed by atoms with Gasteiger partial charge in [0, 0.05) is 60.6 Å². The lowest BCUT2D eigenvalue weighted by Gasteiger charge is -2.24. The molecule has 2 heterocycles. The molecule has 6 rings (SSSR count). The number of carbonyl (C=O) groups is 4. The van der Waals surface area contributed by atoms with Crippen LogP contribution in [0.1, 0.15) is 120 Å². The Morgan fingerprint density at radius 2 is 0.969 bits per heavy atom. The Morgan fingerprint density at radius 1 is 0.567 bits per heavy atom. The third kappa shape index (κ3) is 27.3. The van der Waals surface area contributed by atoms with Gasteiger partial charge in [0.05, 0.1) is 56.9 Å². The predicted molar refractivity (Wildman–Crippen MR) is 377 cm³/mol. The van der Waals surface area contributed by atoms with E-state index in [1.807, 2.05) is 69.4 Å². The van der Waals surface area contributed by atoms with Gasteiger partial charge in [-0.25, -0.2) is 19.2 Å². The molecular formula is C73H101N3O19Si2. The maximum absolute atomic E-state index is 13.5. The number of esters is 4. The van der Waals surface area contributed by atoms with Crippen LogP contribution in [0, 0.1) is 0 Å². The zero-order chi connectivity index (χ0) is 71.3. The van der Waals surface area contributed by atoms with Crippen LogP contribution in [0.2, 0.25) is 51.4 Å². The minimum atomic E-state index is -1.44. The van der Waals surface area contributed by atoms with E-state index >= 15 is 0 Å². The molecule has 4 aromatic carbocycles. The molecule has 0 spiro atoms. The lowest BCUT2D eigenvalue weighted by Crippen LogP contribution is -2.37. The number of carbonyl (C=O) groups excluding carboxylic acids is 4. The van der Waals surface area contributed by atoms with Crippen molar-refractivity contribution in [1.82, 2.24) is 0 Å². The first kappa shape index (κ1) is 80.1. The molecule has 530 valence electrons. The Hall–Kier alpha value is -7.62. The summed E-state index contributed by atoms with van der Waals surface area (Å²) in [6.45, 7) is 24.8. The Morgan fingerprint density at radius 3 is 1.33 bits per heavy atom. The molecule has 0 N–H and O–H groups in total. The summed E-state index contributed by atoms with van der Waals surface area (Å²) in [5, 5.41) is 3.72. The first-order valence-electron chi connectivity index (χ1n) is 32.5. The average molecular weight is 1380 g/mol. The minimum Gasteiger partial charge on any atom is -0.497 e. The van der Waals surface area contributed by atoms with E-state index in [0.29, 0.717) is 72.6 Å². The Labute approximate surface area is 574 Å². The summed E-state index contributed by atoms with van der Waals surface area (Å²) < 4.78 is 86.9. The van der Waals surface area contributed by atoms with Gasteiger partial charge in [0.25, 0.3) is 0 Å². The van der Waals surface area contributed by atoms with Crippen LogP contribution in [0.15, 0.2) is 126 Å². The molecule has 0 radical (unpaired) electrons. The molecule has 0 aliphatic carbocycles. The van der Waals surface area contributed by atoms with Crippen LogP contribution in [-0.4, -0.2) is 163 Å². The van der Waals surface area contributed by atoms with Crippen molar-refractivity contribution >= 4 is 52.2 Å². The highest BCUT2D eigenvalue weighted by molar-refractivity contribution is 6.76. The zero-order valence-corrected chi connectivity index (χ0v) is 61.5. The summed E-state index contributed by atoms with van der Waals surface area (Å²) in [6.07, 6.45) is 12.5. The van der Waals surface area contributed by atoms with E-state index in [0.717, 1.165) is 12.1 Å². The average Bonchev–Trinajstić information content (AvgIpc) is 1.81. The van der Waals surface area contributed by atoms with E-state index in [4.69, 9.17) is 76.6 Å². The smallest absolute Gasteiger partial charge is 0.342 e. The van der Waals surface area contributed by atoms with Crippen molar-refractivity contribution in [1.29, 1.82) is 0 Å². The summed E-state index contributed by atoms with van der Waals surface area (Å²) in [7, 11) is 4.86. The molecule has 4 aromatic rings. The van der Waals surface area contributed by atoms with Crippen LogP contribution in [-0.2, 0) is 52.1 Å².